The molecule has 0 aliphatic rings. The third-order valence-electron chi connectivity index (χ3n) is 4.12. The van der Waals surface area contributed by atoms with Gasteiger partial charge in [0.25, 0.3) is 5.56 Å². The molecule has 0 radical (unpaired) electrons. The quantitative estimate of drug-likeness (QED) is 0.627. The van der Waals surface area contributed by atoms with E-state index in [2.05, 4.69) is 15.3 Å². The van der Waals surface area contributed by atoms with Crippen molar-refractivity contribution in [1.82, 2.24) is 14.9 Å². The van der Waals surface area contributed by atoms with Crippen LogP contribution >= 0.6 is 22.9 Å². The number of aromatic nitrogens is 2. The number of nitrogens with one attached hydrogen (secondary N) is 2. The second-order valence-electron chi connectivity index (χ2n) is 6.37. The molecule has 0 spiro atoms. The van der Waals surface area contributed by atoms with Crippen molar-refractivity contribution >= 4 is 44.7 Å². The van der Waals surface area contributed by atoms with Crippen molar-refractivity contribution in [2.45, 2.75) is 26.8 Å². The molecule has 2 heterocycles. The Balaban J connectivity index is 1.71. The minimum atomic E-state index is -0.138. The zero-order valence-corrected chi connectivity index (χ0v) is 16.8. The van der Waals surface area contributed by atoms with Gasteiger partial charge in [-0.15, -0.1) is 11.3 Å². The van der Waals surface area contributed by atoms with Gasteiger partial charge in [-0.05, 0) is 49.0 Å². The van der Waals surface area contributed by atoms with Gasteiger partial charge in [0.05, 0.1) is 18.6 Å². The zero-order chi connectivity index (χ0) is 19.4. The zero-order valence-electron chi connectivity index (χ0n) is 15.2. The number of anilines is 1. The maximum atomic E-state index is 12.5. The Hall–Kier alpha value is -2.22. The van der Waals surface area contributed by atoms with Crippen LogP contribution in [0.15, 0.2) is 34.4 Å². The van der Waals surface area contributed by atoms with Crippen LogP contribution in [0.25, 0.3) is 10.2 Å². The van der Waals surface area contributed by atoms with Crippen molar-refractivity contribution in [3.63, 3.8) is 0 Å². The molecule has 3 rings (SSSR count). The fourth-order valence-corrected chi connectivity index (χ4v) is 3.76. The number of halogens is 1. The number of benzene rings is 1. The normalized spacial score (nSPS) is 11.3. The molecule has 8 heteroatoms. The van der Waals surface area contributed by atoms with E-state index in [1.165, 1.54) is 11.3 Å². The number of aromatic amines is 1. The number of rotatable bonds is 7. The summed E-state index contributed by atoms with van der Waals surface area (Å²) in [7, 11) is 0. The molecule has 1 amide bonds. The Morgan fingerprint density at radius 1 is 1.37 bits per heavy atom. The van der Waals surface area contributed by atoms with Gasteiger partial charge in [-0.2, -0.15) is 0 Å². The first-order valence-corrected chi connectivity index (χ1v) is 9.96. The number of fused-ring (bicyclic) bond motifs is 1. The van der Waals surface area contributed by atoms with E-state index in [-0.39, 0.29) is 18.0 Å². The van der Waals surface area contributed by atoms with E-state index in [0.29, 0.717) is 39.8 Å². The van der Waals surface area contributed by atoms with Gasteiger partial charge in [0, 0.05) is 10.7 Å². The monoisotopic (exact) mass is 404 g/mol. The third-order valence-corrected chi connectivity index (χ3v) is 5.26. The first kappa shape index (κ1) is 19.5. The summed E-state index contributed by atoms with van der Waals surface area (Å²) in [5.41, 5.74) is 2.20. The molecular weight excluding hydrogens is 384 g/mol. The van der Waals surface area contributed by atoms with Crippen molar-refractivity contribution in [3.8, 4) is 0 Å². The number of hydrogen-bond donors (Lipinski definition) is 2. The van der Waals surface area contributed by atoms with E-state index in [0.717, 1.165) is 12.0 Å². The average molecular weight is 405 g/mol. The summed E-state index contributed by atoms with van der Waals surface area (Å²) in [5, 5.41) is 5.33. The minimum Gasteiger partial charge on any atom is -0.325 e. The molecule has 1 aromatic carbocycles. The lowest BCUT2D eigenvalue weighted by Gasteiger charge is -2.21. The molecule has 0 saturated heterocycles. The van der Waals surface area contributed by atoms with Gasteiger partial charge in [0.1, 0.15) is 10.5 Å². The van der Waals surface area contributed by atoms with Crippen LogP contribution in [-0.2, 0) is 11.3 Å². The minimum absolute atomic E-state index is 0.132. The Labute approximate surface area is 166 Å². The predicted molar refractivity (Wildman–Crippen MR) is 111 cm³/mol. The Bertz CT molecular complexity index is 1010. The largest absolute Gasteiger partial charge is 0.325 e. The van der Waals surface area contributed by atoms with E-state index in [4.69, 9.17) is 11.6 Å². The van der Waals surface area contributed by atoms with Crippen LogP contribution in [-0.4, -0.2) is 33.9 Å². The van der Waals surface area contributed by atoms with Crippen LogP contribution in [0.2, 0.25) is 5.02 Å². The van der Waals surface area contributed by atoms with E-state index < -0.39 is 0 Å². The molecule has 0 aliphatic carbocycles. The molecule has 0 saturated carbocycles. The topological polar surface area (TPSA) is 78.1 Å². The second kappa shape index (κ2) is 8.65. The number of amides is 1. The van der Waals surface area contributed by atoms with Crippen molar-refractivity contribution < 1.29 is 4.79 Å². The van der Waals surface area contributed by atoms with Crippen LogP contribution in [0.1, 0.15) is 24.7 Å². The summed E-state index contributed by atoms with van der Waals surface area (Å²) in [6, 6.07) is 7.23. The van der Waals surface area contributed by atoms with Crippen molar-refractivity contribution in [3.05, 3.63) is 56.4 Å². The van der Waals surface area contributed by atoms with Crippen molar-refractivity contribution in [2.75, 3.05) is 18.4 Å². The van der Waals surface area contributed by atoms with Gasteiger partial charge in [0.2, 0.25) is 5.91 Å². The van der Waals surface area contributed by atoms with E-state index in [1.54, 1.807) is 12.1 Å². The molecule has 0 aliphatic heterocycles. The third kappa shape index (κ3) is 4.94. The molecule has 27 heavy (non-hydrogen) atoms. The predicted octanol–water partition coefficient (Wildman–Crippen LogP) is 3.80. The number of hydrogen-bond acceptors (Lipinski definition) is 5. The van der Waals surface area contributed by atoms with Crippen LogP contribution in [0, 0.1) is 6.92 Å². The number of thiophene rings is 1. The lowest BCUT2D eigenvalue weighted by atomic mass is 10.2. The molecule has 0 fully saturated rings. The molecule has 3 aromatic rings. The molecular formula is C19H21ClN4O2S. The van der Waals surface area contributed by atoms with Crippen LogP contribution in [0.3, 0.4) is 0 Å². The SMILES string of the molecule is CCCN(CC(=O)Nc1cc(Cl)ccc1C)Cc1nc2ccsc2c(=O)[nH]1. The summed E-state index contributed by atoms with van der Waals surface area (Å²) >= 11 is 7.38. The average Bonchev–Trinajstić information content (AvgIpc) is 3.07. The summed E-state index contributed by atoms with van der Waals surface area (Å²) in [6.45, 7) is 5.28. The first-order valence-electron chi connectivity index (χ1n) is 8.71. The fraction of sp³-hybridized carbons (Fsp3) is 0.316. The molecule has 142 valence electrons. The Morgan fingerprint density at radius 2 is 2.19 bits per heavy atom. The molecule has 6 nitrogen and oxygen atoms in total. The van der Waals surface area contributed by atoms with E-state index in [1.807, 2.05) is 36.3 Å². The standard InChI is InChI=1S/C19H21ClN4O2S/c1-3-7-24(10-16-21-14-6-8-27-18(14)19(26)23-16)11-17(25)22-15-9-13(20)5-4-12(15)2/h4-6,8-9H,3,7,10-11H2,1-2H3,(H,22,25)(H,21,23,26). The summed E-state index contributed by atoms with van der Waals surface area (Å²) in [6.07, 6.45) is 0.883. The van der Waals surface area contributed by atoms with Crippen molar-refractivity contribution in [1.29, 1.82) is 0 Å². The van der Waals surface area contributed by atoms with Crippen LogP contribution in [0.5, 0.6) is 0 Å². The smallest absolute Gasteiger partial charge is 0.268 e. The maximum Gasteiger partial charge on any atom is 0.268 e. The van der Waals surface area contributed by atoms with Gasteiger partial charge in [-0.25, -0.2) is 4.98 Å². The highest BCUT2D eigenvalue weighted by Gasteiger charge is 2.14. The fourth-order valence-electron chi connectivity index (χ4n) is 2.86. The second-order valence-corrected chi connectivity index (χ2v) is 7.72. The summed E-state index contributed by atoms with van der Waals surface area (Å²) < 4.78 is 0.620. The Morgan fingerprint density at radius 3 is 2.96 bits per heavy atom. The first-order chi connectivity index (χ1) is 13.0. The number of carbonyl (C=O) groups is 1. The highest BCUT2D eigenvalue weighted by atomic mass is 35.5. The van der Waals surface area contributed by atoms with Gasteiger partial charge in [0.15, 0.2) is 0 Å². The molecule has 0 unspecified atom stereocenters. The van der Waals surface area contributed by atoms with Gasteiger partial charge in [-0.1, -0.05) is 24.6 Å². The summed E-state index contributed by atoms with van der Waals surface area (Å²) in [4.78, 5) is 33.9. The number of nitrogens with zero attached hydrogens (tertiary/aromatic N) is 2. The number of carbonyl (C=O) groups excluding carboxylic acids is 1. The number of aryl methyl sites for hydroxylation is 1. The molecule has 0 bridgehead atoms. The molecule has 2 N–H and O–H groups in total. The lowest BCUT2D eigenvalue weighted by Crippen LogP contribution is -2.34. The van der Waals surface area contributed by atoms with Crippen LogP contribution in [0.4, 0.5) is 5.69 Å². The maximum absolute atomic E-state index is 12.5. The van der Waals surface area contributed by atoms with Gasteiger partial charge < -0.3 is 10.3 Å². The van der Waals surface area contributed by atoms with Crippen LogP contribution < -0.4 is 10.9 Å². The van der Waals surface area contributed by atoms with E-state index in [9.17, 15) is 9.59 Å². The van der Waals surface area contributed by atoms with Crippen molar-refractivity contribution in [2.24, 2.45) is 0 Å². The lowest BCUT2D eigenvalue weighted by molar-refractivity contribution is -0.117. The molecule has 0 atom stereocenters. The Kier molecular flexibility index (Phi) is 6.26. The number of H-pyrrole nitrogens is 1. The highest BCUT2D eigenvalue weighted by Crippen LogP contribution is 2.20. The summed E-state index contributed by atoms with van der Waals surface area (Å²) in [5.74, 6) is 0.430. The molecule has 2 aromatic heterocycles. The highest BCUT2D eigenvalue weighted by molar-refractivity contribution is 7.17. The van der Waals surface area contributed by atoms with Gasteiger partial charge >= 0.3 is 0 Å². The van der Waals surface area contributed by atoms with Gasteiger partial charge in [-0.3, -0.25) is 14.5 Å². The van der Waals surface area contributed by atoms with E-state index >= 15 is 0 Å².